The summed E-state index contributed by atoms with van der Waals surface area (Å²) in [5, 5.41) is 14.7. The summed E-state index contributed by atoms with van der Waals surface area (Å²) in [6.07, 6.45) is 5.00. The van der Waals surface area contributed by atoms with Crippen LogP contribution in [0.1, 0.15) is 77.8 Å². The lowest BCUT2D eigenvalue weighted by molar-refractivity contribution is -0.123. The molecule has 39 heavy (non-hydrogen) atoms. The van der Waals surface area contributed by atoms with Crippen molar-refractivity contribution < 1.29 is 37.3 Å². The summed E-state index contributed by atoms with van der Waals surface area (Å²) in [5.41, 5.74) is -1.49. The quantitative estimate of drug-likeness (QED) is 0.460. The third-order valence-corrected chi connectivity index (χ3v) is 7.89. The summed E-state index contributed by atoms with van der Waals surface area (Å²) in [6.45, 7) is 0.471. The number of amides is 2. The molecular formula is C27H31F3N4O5. The molecule has 4 fully saturated rings. The van der Waals surface area contributed by atoms with Gasteiger partial charge in [-0.25, -0.2) is 14.4 Å². The first-order chi connectivity index (χ1) is 18.6. The monoisotopic (exact) mass is 548 g/mol. The summed E-state index contributed by atoms with van der Waals surface area (Å²) < 4.78 is 54.3. The third-order valence-electron chi connectivity index (χ3n) is 7.89. The van der Waals surface area contributed by atoms with Gasteiger partial charge in [-0.1, -0.05) is 6.07 Å². The van der Waals surface area contributed by atoms with Crippen molar-refractivity contribution in [2.24, 2.45) is 5.92 Å². The molecule has 0 spiro atoms. The van der Waals surface area contributed by atoms with Gasteiger partial charge < -0.3 is 25.2 Å². The zero-order valence-electron chi connectivity index (χ0n) is 21.6. The lowest BCUT2D eigenvalue weighted by Gasteiger charge is -2.47. The molecule has 12 heteroatoms. The van der Waals surface area contributed by atoms with Crippen molar-refractivity contribution in [2.45, 2.75) is 69.6 Å². The Bertz CT molecular complexity index is 1250. The van der Waals surface area contributed by atoms with Crippen LogP contribution in [0, 0.1) is 18.7 Å². The minimum atomic E-state index is -3.87. The van der Waals surface area contributed by atoms with Gasteiger partial charge in [-0.3, -0.25) is 9.59 Å². The summed E-state index contributed by atoms with van der Waals surface area (Å²) >= 11 is 0. The second kappa shape index (κ2) is 10.8. The number of nitrogens with zero attached hydrogens (tertiary/aromatic N) is 2. The van der Waals surface area contributed by atoms with Gasteiger partial charge in [-0.2, -0.15) is 8.78 Å². The highest BCUT2D eigenvalue weighted by molar-refractivity contribution is 6.04. The Kier molecular flexibility index (Phi) is 7.62. The summed E-state index contributed by atoms with van der Waals surface area (Å²) in [7, 11) is 0. The molecule has 2 bridgehead atoms. The van der Waals surface area contributed by atoms with Gasteiger partial charge in [0.2, 0.25) is 5.91 Å². The van der Waals surface area contributed by atoms with Crippen LogP contribution >= 0.6 is 0 Å². The van der Waals surface area contributed by atoms with Crippen LogP contribution in [0.4, 0.5) is 19.0 Å². The molecule has 1 saturated heterocycles. The zero-order chi connectivity index (χ0) is 27.8. The minimum absolute atomic E-state index is 0.0720. The van der Waals surface area contributed by atoms with Crippen molar-refractivity contribution in [1.82, 2.24) is 15.3 Å². The minimum Gasteiger partial charge on any atom is -0.390 e. The number of aromatic nitrogens is 2. The number of aryl methyl sites for hydroxylation is 1. The van der Waals surface area contributed by atoms with Gasteiger partial charge in [-0.05, 0) is 63.5 Å². The Morgan fingerprint density at radius 2 is 1.79 bits per heavy atom. The molecule has 1 aromatic heterocycles. The predicted octanol–water partition coefficient (Wildman–Crippen LogP) is 3.69. The first kappa shape index (κ1) is 27.5. The molecule has 0 unspecified atom stereocenters. The molecule has 1 aliphatic heterocycles. The number of carbonyl (C=O) groups excluding carboxylic acids is 2. The number of aliphatic hydroxyl groups is 1. The summed E-state index contributed by atoms with van der Waals surface area (Å²) in [4.78, 5) is 35.0. The van der Waals surface area contributed by atoms with Gasteiger partial charge in [-0.15, -0.1) is 0 Å². The maximum Gasteiger partial charge on any atom is 0.298 e. The van der Waals surface area contributed by atoms with E-state index in [2.05, 4.69) is 20.6 Å². The Labute approximate surface area is 223 Å². The van der Waals surface area contributed by atoms with Crippen LogP contribution < -0.4 is 10.6 Å². The third kappa shape index (κ3) is 5.64. The van der Waals surface area contributed by atoms with E-state index in [1.54, 1.807) is 6.92 Å². The molecule has 9 nitrogen and oxygen atoms in total. The summed E-state index contributed by atoms with van der Waals surface area (Å²) in [5.74, 6) is -5.72. The largest absolute Gasteiger partial charge is 0.390 e. The van der Waals surface area contributed by atoms with E-state index >= 15 is 0 Å². The fraction of sp³-hybridized carbons (Fsp3) is 0.556. The Morgan fingerprint density at radius 3 is 2.44 bits per heavy atom. The van der Waals surface area contributed by atoms with E-state index in [0.29, 0.717) is 0 Å². The first-order valence-electron chi connectivity index (χ1n) is 13.1. The van der Waals surface area contributed by atoms with E-state index in [1.807, 2.05) is 0 Å². The molecule has 4 aliphatic rings. The average Bonchev–Trinajstić information content (AvgIpc) is 3.43. The topological polar surface area (TPSA) is 123 Å². The van der Waals surface area contributed by atoms with Crippen molar-refractivity contribution >= 4 is 17.6 Å². The van der Waals surface area contributed by atoms with Gasteiger partial charge in [0.25, 0.3) is 11.8 Å². The average molecular weight is 549 g/mol. The van der Waals surface area contributed by atoms with Crippen LogP contribution in [0.2, 0.25) is 0 Å². The van der Waals surface area contributed by atoms with Crippen LogP contribution in [0.3, 0.4) is 0 Å². The van der Waals surface area contributed by atoms with Crippen LogP contribution in [0.15, 0.2) is 18.2 Å². The Morgan fingerprint density at radius 1 is 1.13 bits per heavy atom. The van der Waals surface area contributed by atoms with E-state index in [0.717, 1.165) is 62.6 Å². The summed E-state index contributed by atoms with van der Waals surface area (Å²) in [6, 6.07) is 2.95. The maximum absolute atomic E-state index is 14.9. The number of halogens is 3. The highest BCUT2D eigenvalue weighted by Gasteiger charge is 2.41. The lowest BCUT2D eigenvalue weighted by Crippen LogP contribution is -2.54. The Hall–Kier alpha value is -3.09. The second-order valence-electron chi connectivity index (χ2n) is 10.5. The first-order valence-corrected chi connectivity index (χ1v) is 13.1. The number of benzene rings is 1. The second-order valence-corrected chi connectivity index (χ2v) is 10.5. The van der Waals surface area contributed by atoms with Gasteiger partial charge in [0.05, 0.1) is 42.0 Å². The molecule has 0 radical (unpaired) electrons. The Balaban J connectivity index is 1.43. The van der Waals surface area contributed by atoms with E-state index in [4.69, 9.17) is 14.6 Å². The molecule has 3 aliphatic carbocycles. The molecule has 6 rings (SSSR count). The molecule has 3 saturated carbocycles. The number of aliphatic hydroxyl groups excluding tert-OH is 1. The number of hydrogen-bond acceptors (Lipinski definition) is 7. The number of fused-ring (bicyclic) bond motifs is 3. The van der Waals surface area contributed by atoms with Gasteiger partial charge in [0, 0.05) is 5.54 Å². The van der Waals surface area contributed by atoms with Crippen molar-refractivity contribution in [3.8, 4) is 0 Å². The lowest BCUT2D eigenvalue weighted by atomic mass is 9.66. The molecule has 2 heterocycles. The molecule has 3 N–H and O–H groups in total. The predicted molar refractivity (Wildman–Crippen MR) is 133 cm³/mol. The van der Waals surface area contributed by atoms with Gasteiger partial charge in [0.1, 0.15) is 24.1 Å². The molecular weight excluding hydrogens is 517 g/mol. The van der Waals surface area contributed by atoms with E-state index < -0.39 is 41.7 Å². The maximum atomic E-state index is 14.9. The van der Waals surface area contributed by atoms with Crippen molar-refractivity contribution in [3.05, 3.63) is 52.2 Å². The number of rotatable bonds is 8. The zero-order valence-corrected chi connectivity index (χ0v) is 21.6. The smallest absolute Gasteiger partial charge is 0.298 e. The van der Waals surface area contributed by atoms with Crippen molar-refractivity contribution in [3.63, 3.8) is 0 Å². The molecule has 1 aromatic carbocycles. The molecule has 210 valence electrons. The van der Waals surface area contributed by atoms with Gasteiger partial charge >= 0.3 is 0 Å². The van der Waals surface area contributed by atoms with Crippen LogP contribution in [-0.2, 0) is 26.6 Å². The number of hydrogen-bond donors (Lipinski definition) is 3. The highest BCUT2D eigenvalue weighted by atomic mass is 19.3. The number of anilines is 1. The molecule has 0 atom stereocenters. The van der Waals surface area contributed by atoms with Crippen LogP contribution in [0.25, 0.3) is 0 Å². The number of nitrogens with one attached hydrogen (secondary N) is 2. The number of carbonyl (C=O) groups is 2. The highest BCUT2D eigenvalue weighted by Crippen LogP contribution is 2.44. The molecule has 2 aromatic rings. The fourth-order valence-electron chi connectivity index (χ4n) is 5.82. The fourth-order valence-corrected chi connectivity index (χ4v) is 5.82. The normalized spacial score (nSPS) is 23.2. The molecule has 2 amide bonds. The van der Waals surface area contributed by atoms with E-state index in [9.17, 15) is 22.8 Å². The van der Waals surface area contributed by atoms with Crippen molar-refractivity contribution in [1.29, 1.82) is 0 Å². The number of alkyl halides is 2. The number of ether oxygens (including phenoxy) is 2. The van der Waals surface area contributed by atoms with E-state index in [1.165, 1.54) is 0 Å². The van der Waals surface area contributed by atoms with E-state index in [-0.39, 0.29) is 54.0 Å². The van der Waals surface area contributed by atoms with Gasteiger partial charge in [0.15, 0.2) is 6.29 Å². The van der Waals surface area contributed by atoms with Crippen LogP contribution in [0.5, 0.6) is 0 Å². The van der Waals surface area contributed by atoms with Crippen LogP contribution in [-0.4, -0.2) is 52.2 Å². The van der Waals surface area contributed by atoms with Crippen molar-refractivity contribution in [2.75, 3.05) is 25.1 Å². The standard InChI is InChI=1S/C27H31F3N4O5/c1-15-31-19(13-20(36)34-26-8-5-16(6-9-26)7-10-26)21(25-38-11-12-39-25)23(32-15)33-24(37)17-3-2-4-18(22(17)28)27(29,30)14-35/h2-4,16,25,35H,5-14H2,1H3,(H,34,36)(H,31,32,33,37). The SMILES string of the molecule is Cc1nc(CC(=O)NC23CCC(CC2)CC3)c(C2OCCO2)c(NC(=O)c2cccc(C(F)(F)CO)c2F)n1.